The molecule has 0 saturated heterocycles. The molecule has 0 atom stereocenters. The van der Waals surface area contributed by atoms with Crippen molar-refractivity contribution in [1.29, 1.82) is 0 Å². The Balaban J connectivity index is 1.43. The van der Waals surface area contributed by atoms with Gasteiger partial charge in [0.05, 0.1) is 27.6 Å². The fraction of sp³-hybridized carbons (Fsp3) is 0.107. The molecule has 2 aromatic heterocycles. The number of fused-ring (bicyclic) bond motifs is 1. The zero-order valence-corrected chi connectivity index (χ0v) is 22.3. The van der Waals surface area contributed by atoms with Crippen LogP contribution in [-0.4, -0.2) is 36.9 Å². The first kappa shape index (κ1) is 25.5. The van der Waals surface area contributed by atoms with Gasteiger partial charge in [0.2, 0.25) is 15.2 Å². The summed E-state index contributed by atoms with van der Waals surface area (Å²) in [6, 6.07) is 24.5. The quantitative estimate of drug-likeness (QED) is 0.184. The summed E-state index contributed by atoms with van der Waals surface area (Å²) in [6.07, 6.45) is 2.95. The smallest absolute Gasteiger partial charge is 0.280 e. The minimum atomic E-state index is -3.76. The number of aromatic nitrogens is 1. The van der Waals surface area contributed by atoms with E-state index in [-0.39, 0.29) is 17.0 Å². The molecule has 192 valence electrons. The second kappa shape index (κ2) is 10.7. The summed E-state index contributed by atoms with van der Waals surface area (Å²) in [5.41, 5.74) is 2.98. The van der Waals surface area contributed by atoms with E-state index in [1.54, 1.807) is 12.1 Å². The predicted octanol–water partition coefficient (Wildman–Crippen LogP) is 5.70. The number of thiazole rings is 1. The fourth-order valence-electron chi connectivity index (χ4n) is 3.78. The fourth-order valence-corrected chi connectivity index (χ4v) is 5.95. The number of rotatable bonds is 8. The summed E-state index contributed by atoms with van der Waals surface area (Å²) >= 11 is 1.34. The number of anilines is 1. The van der Waals surface area contributed by atoms with E-state index in [4.69, 9.17) is 4.42 Å². The van der Waals surface area contributed by atoms with Gasteiger partial charge in [0, 0.05) is 19.2 Å². The SMILES string of the molecule is Cc1ccc2nc(N(/N=C/c3ccco3)C(=O)c3ccc(S(=O)(=O)N(C)Cc4ccccc4)cc3)sc2c1. The maximum absolute atomic E-state index is 13.6. The van der Waals surface area contributed by atoms with Crippen LogP contribution < -0.4 is 5.01 Å². The van der Waals surface area contributed by atoms with Gasteiger partial charge in [-0.2, -0.15) is 14.4 Å². The zero-order chi connectivity index (χ0) is 26.7. The maximum Gasteiger partial charge on any atom is 0.280 e. The van der Waals surface area contributed by atoms with Crippen LogP contribution in [0.5, 0.6) is 0 Å². The summed E-state index contributed by atoms with van der Waals surface area (Å²) < 4.78 is 33.8. The van der Waals surface area contributed by atoms with Gasteiger partial charge in [0.1, 0.15) is 5.76 Å². The topological polar surface area (TPSA) is 96.1 Å². The molecular weight excluding hydrogens is 520 g/mol. The first-order chi connectivity index (χ1) is 18.3. The van der Waals surface area contributed by atoms with Crippen molar-refractivity contribution in [2.45, 2.75) is 18.4 Å². The molecule has 8 nitrogen and oxygen atoms in total. The van der Waals surface area contributed by atoms with Gasteiger partial charge >= 0.3 is 0 Å². The van der Waals surface area contributed by atoms with Gasteiger partial charge in [-0.3, -0.25) is 4.79 Å². The summed E-state index contributed by atoms with van der Waals surface area (Å²) in [4.78, 5) is 18.3. The molecular formula is C28H24N4O4S2. The molecule has 0 saturated carbocycles. The van der Waals surface area contributed by atoms with Gasteiger partial charge in [-0.25, -0.2) is 13.4 Å². The summed E-state index contributed by atoms with van der Waals surface area (Å²) in [5.74, 6) is 0.0211. The van der Waals surface area contributed by atoms with Gasteiger partial charge in [-0.15, -0.1) is 0 Å². The molecule has 0 fully saturated rings. The lowest BCUT2D eigenvalue weighted by Crippen LogP contribution is -2.27. The average molecular weight is 545 g/mol. The summed E-state index contributed by atoms with van der Waals surface area (Å²) in [5, 5.41) is 5.95. The van der Waals surface area contributed by atoms with Crippen LogP contribution in [0.15, 0.2) is 106 Å². The highest BCUT2D eigenvalue weighted by Crippen LogP contribution is 2.31. The van der Waals surface area contributed by atoms with Crippen molar-refractivity contribution in [2.75, 3.05) is 12.1 Å². The minimum Gasteiger partial charge on any atom is -0.463 e. The Morgan fingerprint density at radius 1 is 1.03 bits per heavy atom. The molecule has 0 aliphatic carbocycles. The van der Waals surface area contributed by atoms with Crippen LogP contribution in [0.2, 0.25) is 0 Å². The lowest BCUT2D eigenvalue weighted by Gasteiger charge is -2.18. The molecule has 0 aliphatic heterocycles. The maximum atomic E-state index is 13.6. The molecule has 0 spiro atoms. The molecule has 0 N–H and O–H groups in total. The van der Waals surface area contributed by atoms with Gasteiger partial charge < -0.3 is 4.42 Å². The van der Waals surface area contributed by atoms with Gasteiger partial charge in [-0.1, -0.05) is 47.7 Å². The minimum absolute atomic E-state index is 0.0913. The van der Waals surface area contributed by atoms with E-state index in [2.05, 4.69) is 10.1 Å². The van der Waals surface area contributed by atoms with E-state index in [0.717, 1.165) is 21.3 Å². The molecule has 1 amide bonds. The van der Waals surface area contributed by atoms with Crippen molar-refractivity contribution in [3.8, 4) is 0 Å². The number of amides is 1. The van der Waals surface area contributed by atoms with Crippen LogP contribution in [-0.2, 0) is 16.6 Å². The largest absolute Gasteiger partial charge is 0.463 e. The predicted molar refractivity (Wildman–Crippen MR) is 149 cm³/mol. The third kappa shape index (κ3) is 5.42. The molecule has 0 unspecified atom stereocenters. The molecule has 0 radical (unpaired) electrons. The number of hydrogen-bond donors (Lipinski definition) is 0. The number of benzene rings is 3. The number of nitrogens with zero attached hydrogens (tertiary/aromatic N) is 4. The van der Waals surface area contributed by atoms with Crippen LogP contribution in [0.1, 0.15) is 27.2 Å². The van der Waals surface area contributed by atoms with Crippen molar-refractivity contribution in [1.82, 2.24) is 9.29 Å². The van der Waals surface area contributed by atoms with Gasteiger partial charge in [0.15, 0.2) is 0 Å². The van der Waals surface area contributed by atoms with E-state index in [1.165, 1.54) is 64.4 Å². The van der Waals surface area contributed by atoms with Crippen molar-refractivity contribution < 1.29 is 17.6 Å². The van der Waals surface area contributed by atoms with E-state index in [1.807, 2.05) is 55.5 Å². The van der Waals surface area contributed by atoms with Crippen molar-refractivity contribution in [2.24, 2.45) is 5.10 Å². The monoisotopic (exact) mass is 544 g/mol. The molecule has 0 aliphatic rings. The number of hydrazone groups is 1. The van der Waals surface area contributed by atoms with E-state index in [0.29, 0.717) is 10.9 Å². The second-order valence-corrected chi connectivity index (χ2v) is 11.7. The standard InChI is InChI=1S/C28H24N4O4S2/c1-20-10-15-25-26(17-20)37-28(30-25)32(29-18-23-9-6-16-36-23)27(33)22-11-13-24(14-12-22)38(34,35)31(2)19-21-7-4-3-5-8-21/h3-18H,19H2,1-2H3/b29-18+. The second-order valence-electron chi connectivity index (χ2n) is 8.62. The Morgan fingerprint density at radius 3 is 2.50 bits per heavy atom. The van der Waals surface area contributed by atoms with Crippen molar-refractivity contribution >= 4 is 48.8 Å². The van der Waals surface area contributed by atoms with Crippen LogP contribution in [0.25, 0.3) is 10.2 Å². The number of furan rings is 1. The Hall–Kier alpha value is -4.12. The first-order valence-corrected chi connectivity index (χ1v) is 14.0. The average Bonchev–Trinajstić information content (AvgIpc) is 3.59. The lowest BCUT2D eigenvalue weighted by atomic mass is 10.2. The molecule has 5 aromatic rings. The number of carbonyl (C=O) groups excluding carboxylic acids is 1. The molecule has 2 heterocycles. The van der Waals surface area contributed by atoms with Crippen molar-refractivity contribution in [3.05, 3.63) is 114 Å². The summed E-state index contributed by atoms with van der Waals surface area (Å²) in [7, 11) is -2.23. The number of carbonyl (C=O) groups is 1. The highest BCUT2D eigenvalue weighted by atomic mass is 32.2. The molecule has 3 aromatic carbocycles. The van der Waals surface area contributed by atoms with Crippen LogP contribution in [0, 0.1) is 6.92 Å². The number of aryl methyl sites for hydroxylation is 1. The molecule has 0 bridgehead atoms. The molecule has 5 rings (SSSR count). The third-order valence-electron chi connectivity index (χ3n) is 5.81. The van der Waals surface area contributed by atoms with Gasteiger partial charge in [0.25, 0.3) is 5.91 Å². The van der Waals surface area contributed by atoms with Crippen LogP contribution in [0.4, 0.5) is 5.13 Å². The highest BCUT2D eigenvalue weighted by molar-refractivity contribution is 7.89. The number of sulfonamides is 1. The normalized spacial score (nSPS) is 12.0. The lowest BCUT2D eigenvalue weighted by molar-refractivity contribution is 0.0987. The van der Waals surface area contributed by atoms with Crippen molar-refractivity contribution in [3.63, 3.8) is 0 Å². The Labute approximate surface area is 224 Å². The van der Waals surface area contributed by atoms with E-state index in [9.17, 15) is 13.2 Å². The highest BCUT2D eigenvalue weighted by Gasteiger charge is 2.24. The Bertz CT molecular complexity index is 1700. The number of hydrogen-bond acceptors (Lipinski definition) is 7. The zero-order valence-electron chi connectivity index (χ0n) is 20.7. The first-order valence-electron chi connectivity index (χ1n) is 11.7. The van der Waals surface area contributed by atoms with Crippen LogP contribution >= 0.6 is 11.3 Å². The van der Waals surface area contributed by atoms with Crippen LogP contribution in [0.3, 0.4) is 0 Å². The van der Waals surface area contributed by atoms with E-state index >= 15 is 0 Å². The Kier molecular flexibility index (Phi) is 7.19. The Morgan fingerprint density at radius 2 is 1.79 bits per heavy atom. The molecule has 10 heteroatoms. The third-order valence-corrected chi connectivity index (χ3v) is 8.62. The van der Waals surface area contributed by atoms with E-state index < -0.39 is 15.9 Å². The molecule has 38 heavy (non-hydrogen) atoms. The summed E-state index contributed by atoms with van der Waals surface area (Å²) in [6.45, 7) is 2.22. The van der Waals surface area contributed by atoms with Gasteiger partial charge in [-0.05, 0) is 66.6 Å².